The number of aryl methyl sites for hydroxylation is 1. The van der Waals surface area contributed by atoms with Gasteiger partial charge in [-0.3, -0.25) is 0 Å². The Bertz CT molecular complexity index is 868. The molecule has 1 aromatic heterocycles. The van der Waals surface area contributed by atoms with Crippen LogP contribution in [-0.4, -0.2) is 22.3 Å². The molecular weight excluding hydrogens is 276 g/mol. The summed E-state index contributed by atoms with van der Waals surface area (Å²) in [5.74, 6) is -0.0124. The highest BCUT2D eigenvalue weighted by Crippen LogP contribution is 2.44. The summed E-state index contributed by atoms with van der Waals surface area (Å²) >= 11 is 0. The minimum Gasteiger partial charge on any atom is -0.337 e. The van der Waals surface area contributed by atoms with Crippen molar-refractivity contribution in [3.8, 4) is 0 Å². The molecule has 1 saturated heterocycles. The molecule has 1 fully saturated rings. The summed E-state index contributed by atoms with van der Waals surface area (Å²) < 4.78 is 14.6. The van der Waals surface area contributed by atoms with Crippen LogP contribution in [0.15, 0.2) is 48.5 Å². The number of hydrogen-bond acceptors (Lipinski definition) is 3. The molecule has 4 heteroatoms. The van der Waals surface area contributed by atoms with Crippen LogP contribution in [0.25, 0.3) is 11.0 Å². The first-order chi connectivity index (χ1) is 10.8. The summed E-state index contributed by atoms with van der Waals surface area (Å²) in [6, 6.07) is 16.5. The maximum absolute atomic E-state index is 6.26. The molecule has 0 radical (unpaired) electrons. The van der Waals surface area contributed by atoms with Crippen molar-refractivity contribution in [3.63, 3.8) is 0 Å². The zero-order chi connectivity index (χ0) is 14.7. The monoisotopic (exact) mass is 292 g/mol. The van der Waals surface area contributed by atoms with Crippen LogP contribution in [0.2, 0.25) is 0 Å². The molecule has 2 unspecified atom stereocenters. The number of para-hydroxylation sites is 2. The highest BCUT2D eigenvalue weighted by Gasteiger charge is 2.52. The van der Waals surface area contributed by atoms with E-state index in [1.807, 2.05) is 18.2 Å². The number of benzene rings is 2. The van der Waals surface area contributed by atoms with Gasteiger partial charge >= 0.3 is 0 Å². The Balaban J connectivity index is 1.79. The van der Waals surface area contributed by atoms with Crippen molar-refractivity contribution in [2.75, 3.05) is 6.61 Å². The second-order valence-corrected chi connectivity index (χ2v) is 6.07. The van der Waals surface area contributed by atoms with Crippen molar-refractivity contribution in [2.24, 2.45) is 0 Å². The van der Waals surface area contributed by atoms with Crippen molar-refractivity contribution in [1.82, 2.24) is 9.55 Å². The third-order valence-corrected chi connectivity index (χ3v) is 4.57. The third kappa shape index (κ3) is 1.51. The van der Waals surface area contributed by atoms with Crippen molar-refractivity contribution in [3.05, 3.63) is 65.5 Å². The number of hydrogen-bond donors (Lipinski definition) is 0. The number of aromatic nitrogens is 2. The van der Waals surface area contributed by atoms with Gasteiger partial charge in [0.1, 0.15) is 6.10 Å². The molecule has 2 aliphatic heterocycles. The number of imidazole rings is 1. The van der Waals surface area contributed by atoms with Crippen molar-refractivity contribution >= 4 is 11.0 Å². The van der Waals surface area contributed by atoms with Gasteiger partial charge in [0.25, 0.3) is 5.79 Å². The zero-order valence-corrected chi connectivity index (χ0v) is 12.3. The Morgan fingerprint density at radius 3 is 2.82 bits per heavy atom. The molecule has 2 aromatic carbocycles. The minimum atomic E-state index is -0.865. The molecular formula is C18H16N2O2. The Labute approximate surface area is 128 Å². The van der Waals surface area contributed by atoms with Gasteiger partial charge in [0.15, 0.2) is 5.82 Å². The van der Waals surface area contributed by atoms with Gasteiger partial charge in [-0.2, -0.15) is 0 Å². The van der Waals surface area contributed by atoms with E-state index in [1.54, 1.807) is 0 Å². The quantitative estimate of drug-likeness (QED) is 0.692. The molecule has 0 aliphatic carbocycles. The highest BCUT2D eigenvalue weighted by atomic mass is 16.7. The zero-order valence-electron chi connectivity index (χ0n) is 12.3. The fourth-order valence-electron chi connectivity index (χ4n) is 3.49. The molecule has 110 valence electrons. The fourth-order valence-corrected chi connectivity index (χ4v) is 3.49. The Morgan fingerprint density at radius 1 is 1.14 bits per heavy atom. The lowest BCUT2D eigenvalue weighted by molar-refractivity contribution is -0.162. The second kappa shape index (κ2) is 4.18. The average Bonchev–Trinajstić information content (AvgIpc) is 3.10. The van der Waals surface area contributed by atoms with E-state index in [4.69, 9.17) is 14.5 Å². The predicted molar refractivity (Wildman–Crippen MR) is 82.5 cm³/mol. The molecule has 0 saturated carbocycles. The first kappa shape index (κ1) is 12.4. The smallest absolute Gasteiger partial charge is 0.256 e. The molecule has 0 N–H and O–H groups in total. The Hall–Kier alpha value is -2.17. The van der Waals surface area contributed by atoms with E-state index >= 15 is 0 Å². The standard InChI is InChI=1S/C18H16N2O2/c1-12-6-8-13(9-7-12)18-17-19-15-4-2-3-5-16(15)20(17)10-14(22-18)11-21-18/h2-9,14H,10-11H2,1H3. The van der Waals surface area contributed by atoms with Gasteiger partial charge in [-0.25, -0.2) is 4.98 Å². The Kier molecular flexibility index (Phi) is 2.35. The van der Waals surface area contributed by atoms with Gasteiger partial charge in [0, 0.05) is 5.56 Å². The van der Waals surface area contributed by atoms with E-state index in [-0.39, 0.29) is 6.10 Å². The lowest BCUT2D eigenvalue weighted by Crippen LogP contribution is -2.38. The second-order valence-electron chi connectivity index (χ2n) is 6.07. The van der Waals surface area contributed by atoms with E-state index < -0.39 is 5.79 Å². The van der Waals surface area contributed by atoms with Crippen LogP contribution >= 0.6 is 0 Å². The van der Waals surface area contributed by atoms with Gasteiger partial charge < -0.3 is 14.0 Å². The third-order valence-electron chi connectivity index (χ3n) is 4.57. The molecule has 0 spiro atoms. The Morgan fingerprint density at radius 2 is 1.95 bits per heavy atom. The molecule has 0 amide bonds. The average molecular weight is 292 g/mol. The van der Waals surface area contributed by atoms with Crippen molar-refractivity contribution < 1.29 is 9.47 Å². The van der Waals surface area contributed by atoms with Gasteiger partial charge in [-0.15, -0.1) is 0 Å². The van der Waals surface area contributed by atoms with Crippen molar-refractivity contribution in [2.45, 2.75) is 25.4 Å². The molecule has 3 heterocycles. The molecule has 3 aromatic rings. The lowest BCUT2D eigenvalue weighted by Gasteiger charge is -2.32. The molecule has 22 heavy (non-hydrogen) atoms. The first-order valence-corrected chi connectivity index (χ1v) is 7.61. The maximum atomic E-state index is 6.26. The molecule has 4 nitrogen and oxygen atoms in total. The summed E-state index contributed by atoms with van der Waals surface area (Å²) in [5.41, 5.74) is 4.37. The summed E-state index contributed by atoms with van der Waals surface area (Å²) in [6.45, 7) is 3.48. The largest absolute Gasteiger partial charge is 0.337 e. The SMILES string of the molecule is Cc1ccc(C23OCC(Cn4c2nc2ccccc24)O3)cc1. The van der Waals surface area contributed by atoms with Gasteiger partial charge in [-0.1, -0.05) is 42.0 Å². The number of rotatable bonds is 1. The van der Waals surface area contributed by atoms with E-state index in [1.165, 1.54) is 5.56 Å². The van der Waals surface area contributed by atoms with Crippen LogP contribution < -0.4 is 0 Å². The summed E-state index contributed by atoms with van der Waals surface area (Å²) in [5, 5.41) is 0. The topological polar surface area (TPSA) is 36.3 Å². The number of nitrogens with zero attached hydrogens (tertiary/aromatic N) is 2. The number of ether oxygens (including phenoxy) is 2. The van der Waals surface area contributed by atoms with Crippen LogP contribution in [0.4, 0.5) is 0 Å². The van der Waals surface area contributed by atoms with Crippen LogP contribution in [0.1, 0.15) is 17.0 Å². The van der Waals surface area contributed by atoms with Crippen molar-refractivity contribution in [1.29, 1.82) is 0 Å². The van der Waals surface area contributed by atoms with E-state index in [2.05, 4.69) is 41.8 Å². The fraction of sp³-hybridized carbons (Fsp3) is 0.278. The summed E-state index contributed by atoms with van der Waals surface area (Å²) in [6.07, 6.45) is 0.0754. The van der Waals surface area contributed by atoms with Crippen LogP contribution in [-0.2, 0) is 21.8 Å². The van der Waals surface area contributed by atoms with Gasteiger partial charge in [-0.05, 0) is 19.1 Å². The summed E-state index contributed by atoms with van der Waals surface area (Å²) in [7, 11) is 0. The van der Waals surface area contributed by atoms with Crippen LogP contribution in [0.3, 0.4) is 0 Å². The van der Waals surface area contributed by atoms with E-state index in [9.17, 15) is 0 Å². The predicted octanol–water partition coefficient (Wildman–Crippen LogP) is 2.97. The first-order valence-electron chi connectivity index (χ1n) is 7.61. The normalized spacial score (nSPS) is 26.3. The van der Waals surface area contributed by atoms with Gasteiger partial charge in [0.05, 0.1) is 24.2 Å². The molecule has 2 bridgehead atoms. The van der Waals surface area contributed by atoms with Crippen LogP contribution in [0.5, 0.6) is 0 Å². The minimum absolute atomic E-state index is 0.0754. The lowest BCUT2D eigenvalue weighted by atomic mass is 10.0. The van der Waals surface area contributed by atoms with E-state index in [0.29, 0.717) is 6.61 Å². The van der Waals surface area contributed by atoms with Crippen LogP contribution in [0, 0.1) is 6.92 Å². The molecule has 2 atom stereocenters. The van der Waals surface area contributed by atoms with E-state index in [0.717, 1.165) is 29.0 Å². The molecule has 5 rings (SSSR count). The van der Waals surface area contributed by atoms with Gasteiger partial charge in [0.2, 0.25) is 0 Å². The summed E-state index contributed by atoms with van der Waals surface area (Å²) in [4.78, 5) is 4.82. The maximum Gasteiger partial charge on any atom is 0.256 e. The highest BCUT2D eigenvalue weighted by molar-refractivity contribution is 5.76. The number of fused-ring (bicyclic) bond motifs is 6. The molecule has 2 aliphatic rings.